The molecule has 0 saturated carbocycles. The van der Waals surface area contributed by atoms with Crippen molar-refractivity contribution in [2.45, 2.75) is 25.7 Å². The van der Waals surface area contributed by atoms with Gasteiger partial charge in [-0.2, -0.15) is 10.2 Å². The van der Waals surface area contributed by atoms with Crippen molar-refractivity contribution in [2.24, 2.45) is 20.8 Å². The zero-order valence-corrected chi connectivity index (χ0v) is 8.74. The van der Waals surface area contributed by atoms with Crippen LogP contribution in [0.3, 0.4) is 0 Å². The number of unbranched alkanes of at least 4 members (excludes halogenated alkanes) is 3. The van der Waals surface area contributed by atoms with Crippen molar-refractivity contribution >= 4 is 0 Å². The Balaban J connectivity index is 3.11. The molecule has 0 rings (SSSR count). The maximum atomic E-state index is 7.95. The Bertz CT molecular complexity index is 260. The Morgan fingerprint density at radius 2 is 1.19 bits per heavy atom. The van der Waals surface area contributed by atoms with Crippen LogP contribution >= 0.6 is 0 Å². The second kappa shape index (κ2) is 12.8. The fourth-order valence-electron chi connectivity index (χ4n) is 0.894. The molecule has 0 unspecified atom stereocenters. The summed E-state index contributed by atoms with van der Waals surface area (Å²) in [5.74, 6) is 0. The average molecular weight is 224 g/mol. The van der Waals surface area contributed by atoms with E-state index in [1.54, 1.807) is 0 Å². The molecule has 0 bridgehead atoms. The normalized spacial score (nSPS) is 10.1. The largest absolute Gasteiger partial charge is 0.318 e. The third-order valence-corrected chi connectivity index (χ3v) is 1.54. The van der Waals surface area contributed by atoms with Gasteiger partial charge in [0.15, 0.2) is 0 Å². The molecule has 0 aliphatic rings. The highest BCUT2D eigenvalue weighted by Crippen LogP contribution is 2.00. The number of nitrogens with zero attached hydrogens (tertiary/aromatic N) is 6. The van der Waals surface area contributed by atoms with Crippen LogP contribution in [0.4, 0.5) is 0 Å². The summed E-state index contributed by atoms with van der Waals surface area (Å²) < 4.78 is 0. The molecule has 0 fully saturated rings. The number of hydrogen-bond donors (Lipinski definition) is 0. The third kappa shape index (κ3) is 11.8. The number of nitriles is 2. The highest BCUT2D eigenvalue weighted by Gasteiger charge is 1.89. The molecule has 0 N–H and O–H groups in total. The van der Waals surface area contributed by atoms with Crippen LogP contribution in [-0.2, 0) is 9.68 Å². The molecule has 0 aliphatic carbocycles. The molecule has 0 aromatic rings. The summed E-state index contributed by atoms with van der Waals surface area (Å²) in [6.45, 7) is 1.08. The molecule has 16 heavy (non-hydrogen) atoms. The first kappa shape index (κ1) is 13.8. The summed E-state index contributed by atoms with van der Waals surface area (Å²) >= 11 is 0. The lowest BCUT2D eigenvalue weighted by atomic mass is 10.2. The van der Waals surface area contributed by atoms with E-state index in [-0.39, 0.29) is 0 Å². The van der Waals surface area contributed by atoms with Gasteiger partial charge in [0.25, 0.3) is 0 Å². The molecule has 0 saturated heterocycles. The highest BCUT2D eigenvalue weighted by molar-refractivity contribution is 4.47. The molecule has 0 spiro atoms. The van der Waals surface area contributed by atoms with Crippen LogP contribution in [0.5, 0.6) is 0 Å². The number of rotatable bonds is 9. The van der Waals surface area contributed by atoms with E-state index in [4.69, 9.17) is 10.5 Å². The van der Waals surface area contributed by atoms with Crippen LogP contribution in [0.1, 0.15) is 25.7 Å². The molecule has 0 aromatic heterocycles. The zero-order chi connectivity index (χ0) is 11.9. The molecule has 0 amide bonds. The van der Waals surface area contributed by atoms with Gasteiger partial charge in [-0.3, -0.25) is 9.68 Å². The zero-order valence-electron chi connectivity index (χ0n) is 8.74. The van der Waals surface area contributed by atoms with Crippen LogP contribution in [0.15, 0.2) is 20.8 Å². The highest BCUT2D eigenvalue weighted by atomic mass is 16.6. The summed E-state index contributed by atoms with van der Waals surface area (Å²) in [4.78, 5) is 8.02. The van der Waals surface area contributed by atoms with Gasteiger partial charge in [-0.15, -0.1) is 10.5 Å². The second-order valence-corrected chi connectivity index (χ2v) is 2.67. The first-order valence-corrected chi connectivity index (χ1v) is 4.75. The molecular weight excluding hydrogens is 212 g/mol. The van der Waals surface area contributed by atoms with E-state index in [2.05, 4.69) is 30.5 Å². The van der Waals surface area contributed by atoms with E-state index in [1.807, 2.05) is 0 Å². The van der Waals surface area contributed by atoms with Crippen molar-refractivity contribution in [1.82, 2.24) is 0 Å². The minimum absolute atomic E-state index is 0.542. The smallest absolute Gasteiger partial charge is 0.256 e. The van der Waals surface area contributed by atoms with Gasteiger partial charge in [-0.25, -0.2) is 0 Å². The minimum Gasteiger partial charge on any atom is -0.256 e. The fourth-order valence-corrected chi connectivity index (χ4v) is 0.894. The summed E-state index contributed by atoms with van der Waals surface area (Å²) in [7, 11) is 0. The maximum absolute atomic E-state index is 7.95. The molecule has 0 atom stereocenters. The molecule has 0 heterocycles. The molecular formula is C8H12N6O2. The van der Waals surface area contributed by atoms with Crippen molar-refractivity contribution in [1.29, 1.82) is 10.5 Å². The van der Waals surface area contributed by atoms with Gasteiger partial charge in [-0.05, 0) is 12.8 Å². The van der Waals surface area contributed by atoms with Gasteiger partial charge >= 0.3 is 12.5 Å². The van der Waals surface area contributed by atoms with Crippen molar-refractivity contribution in [3.8, 4) is 12.5 Å². The van der Waals surface area contributed by atoms with Gasteiger partial charge in [0.2, 0.25) is 0 Å². The maximum Gasteiger partial charge on any atom is 0.318 e. The van der Waals surface area contributed by atoms with E-state index >= 15 is 0 Å². The summed E-state index contributed by atoms with van der Waals surface area (Å²) in [6.07, 6.45) is 6.50. The molecule has 8 heteroatoms. The van der Waals surface area contributed by atoms with Crippen molar-refractivity contribution < 1.29 is 9.68 Å². The molecule has 8 nitrogen and oxygen atoms in total. The first-order valence-electron chi connectivity index (χ1n) is 4.75. The van der Waals surface area contributed by atoms with Gasteiger partial charge in [0.1, 0.15) is 0 Å². The van der Waals surface area contributed by atoms with E-state index in [0.717, 1.165) is 25.7 Å². The fraction of sp³-hybridized carbons (Fsp3) is 0.750. The van der Waals surface area contributed by atoms with Crippen molar-refractivity contribution in [3.63, 3.8) is 0 Å². The Kier molecular flexibility index (Phi) is 11.0. The minimum atomic E-state index is 0.542. The monoisotopic (exact) mass is 224 g/mol. The summed E-state index contributed by atoms with van der Waals surface area (Å²) in [6, 6.07) is 0. The second-order valence-electron chi connectivity index (χ2n) is 2.67. The van der Waals surface area contributed by atoms with Crippen LogP contribution < -0.4 is 0 Å². The lowest BCUT2D eigenvalue weighted by Crippen LogP contribution is -1.85. The quantitative estimate of drug-likeness (QED) is 0.258. The standard InChI is InChI=1S/C8H12N6O2/c9-7-15-13-11-5-3-1-2-4-6-12-14-16-8-10/h1-6H2. The van der Waals surface area contributed by atoms with Crippen LogP contribution in [0, 0.1) is 23.0 Å². The van der Waals surface area contributed by atoms with Gasteiger partial charge < -0.3 is 0 Å². The summed E-state index contributed by atoms with van der Waals surface area (Å²) in [5, 5.41) is 29.4. The SMILES string of the molecule is N#CON=NCCCCCCN=NOC#N. The molecule has 0 aromatic carbocycles. The number of hydrogen-bond acceptors (Lipinski definition) is 8. The Morgan fingerprint density at radius 3 is 1.56 bits per heavy atom. The molecule has 0 radical (unpaired) electrons. The van der Waals surface area contributed by atoms with E-state index in [9.17, 15) is 0 Å². The van der Waals surface area contributed by atoms with Gasteiger partial charge in [-0.1, -0.05) is 12.8 Å². The van der Waals surface area contributed by atoms with Crippen LogP contribution in [0.2, 0.25) is 0 Å². The van der Waals surface area contributed by atoms with Crippen LogP contribution in [0.25, 0.3) is 0 Å². The van der Waals surface area contributed by atoms with Crippen molar-refractivity contribution in [2.75, 3.05) is 13.1 Å². The van der Waals surface area contributed by atoms with Crippen molar-refractivity contribution in [3.05, 3.63) is 0 Å². The van der Waals surface area contributed by atoms with E-state index < -0.39 is 0 Å². The predicted molar refractivity (Wildman–Crippen MR) is 51.3 cm³/mol. The topological polar surface area (TPSA) is 115 Å². The lowest BCUT2D eigenvalue weighted by molar-refractivity contribution is 0.255. The van der Waals surface area contributed by atoms with Gasteiger partial charge in [0, 0.05) is 10.6 Å². The lowest BCUT2D eigenvalue weighted by Gasteiger charge is -1.94. The molecule has 86 valence electrons. The van der Waals surface area contributed by atoms with E-state index in [1.165, 1.54) is 12.5 Å². The predicted octanol–water partition coefficient (Wildman–Crippen LogP) is 2.28. The van der Waals surface area contributed by atoms with Crippen LogP contribution in [-0.4, -0.2) is 13.1 Å². The Labute approximate surface area is 93.1 Å². The van der Waals surface area contributed by atoms with E-state index in [0.29, 0.717) is 13.1 Å². The Morgan fingerprint density at radius 1 is 0.750 bits per heavy atom. The first-order chi connectivity index (χ1) is 7.91. The van der Waals surface area contributed by atoms with Gasteiger partial charge in [0.05, 0.1) is 13.1 Å². The Hall–Kier alpha value is -2.22. The average Bonchev–Trinajstić information content (AvgIpc) is 2.31. The molecule has 0 aliphatic heterocycles. The summed E-state index contributed by atoms with van der Waals surface area (Å²) in [5.41, 5.74) is 0. The third-order valence-electron chi connectivity index (χ3n) is 1.54.